The van der Waals surface area contributed by atoms with Crippen LogP contribution in [0.4, 0.5) is 5.95 Å². The van der Waals surface area contributed by atoms with Crippen molar-refractivity contribution in [3.05, 3.63) is 17.4 Å². The summed E-state index contributed by atoms with van der Waals surface area (Å²) < 4.78 is 0. The van der Waals surface area contributed by atoms with Crippen LogP contribution < -0.4 is 5.32 Å². The molecule has 1 aromatic heterocycles. The van der Waals surface area contributed by atoms with E-state index in [0.717, 1.165) is 0 Å². The van der Waals surface area contributed by atoms with E-state index in [4.69, 9.17) is 11.6 Å². The predicted molar refractivity (Wildman–Crippen MR) is 68.3 cm³/mol. The molecule has 0 bridgehead atoms. The summed E-state index contributed by atoms with van der Waals surface area (Å²) in [4.78, 5) is 11.0. The summed E-state index contributed by atoms with van der Waals surface area (Å²) in [6, 6.07) is 1.17. The number of nitrogens with zero attached hydrogens (tertiary/aromatic N) is 3. The fourth-order valence-electron chi connectivity index (χ4n) is 2.97. The number of fused-ring (bicyclic) bond motifs is 1. The maximum atomic E-state index is 5.78. The SMILES string of the molecule is Clc1cnc(N[C@@H]2CCN3CCCC[C@@H]23)nc1. The molecule has 1 aromatic rings. The predicted octanol–water partition coefficient (Wildman–Crippen LogP) is 2.17. The molecule has 0 saturated carbocycles. The molecule has 2 fully saturated rings. The van der Waals surface area contributed by atoms with Gasteiger partial charge in [0, 0.05) is 18.6 Å². The van der Waals surface area contributed by atoms with Crippen LogP contribution in [0.3, 0.4) is 0 Å². The maximum Gasteiger partial charge on any atom is 0.222 e. The minimum absolute atomic E-state index is 0.497. The summed E-state index contributed by atoms with van der Waals surface area (Å²) in [5, 5.41) is 4.03. The molecular formula is C12H17ClN4. The first-order valence-corrected chi connectivity index (χ1v) is 6.69. The highest BCUT2D eigenvalue weighted by atomic mass is 35.5. The lowest BCUT2D eigenvalue weighted by atomic mass is 9.99. The van der Waals surface area contributed by atoms with Gasteiger partial charge in [-0.05, 0) is 25.8 Å². The molecule has 3 heterocycles. The number of hydrogen-bond acceptors (Lipinski definition) is 4. The number of halogens is 1. The van der Waals surface area contributed by atoms with Gasteiger partial charge in [0.15, 0.2) is 0 Å². The molecule has 17 heavy (non-hydrogen) atoms. The summed E-state index contributed by atoms with van der Waals surface area (Å²) in [6.45, 7) is 2.46. The van der Waals surface area contributed by atoms with Gasteiger partial charge in [-0.25, -0.2) is 9.97 Å². The minimum atomic E-state index is 0.497. The van der Waals surface area contributed by atoms with Crippen LogP contribution in [0, 0.1) is 0 Å². The van der Waals surface area contributed by atoms with E-state index < -0.39 is 0 Å². The second-order valence-corrected chi connectivity index (χ2v) is 5.30. The topological polar surface area (TPSA) is 41.1 Å². The third-order valence-electron chi connectivity index (χ3n) is 3.79. The molecule has 0 amide bonds. The van der Waals surface area contributed by atoms with E-state index in [1.165, 1.54) is 38.8 Å². The number of nitrogens with one attached hydrogen (secondary N) is 1. The molecule has 2 aliphatic rings. The lowest BCUT2D eigenvalue weighted by Crippen LogP contribution is -2.41. The monoisotopic (exact) mass is 252 g/mol. The quantitative estimate of drug-likeness (QED) is 0.876. The highest BCUT2D eigenvalue weighted by molar-refractivity contribution is 6.30. The molecule has 0 aromatic carbocycles. The molecule has 0 aliphatic carbocycles. The molecule has 2 saturated heterocycles. The Kier molecular flexibility index (Phi) is 3.16. The van der Waals surface area contributed by atoms with Gasteiger partial charge in [-0.2, -0.15) is 0 Å². The normalized spacial score (nSPS) is 29.0. The van der Waals surface area contributed by atoms with Gasteiger partial charge in [-0.3, -0.25) is 4.90 Å². The molecule has 0 radical (unpaired) electrons. The first-order chi connectivity index (χ1) is 8.33. The molecule has 4 nitrogen and oxygen atoms in total. The number of piperidine rings is 1. The van der Waals surface area contributed by atoms with Gasteiger partial charge >= 0.3 is 0 Å². The Bertz CT molecular complexity index is 381. The highest BCUT2D eigenvalue weighted by Gasteiger charge is 2.35. The molecule has 2 aliphatic heterocycles. The third kappa shape index (κ3) is 2.38. The Morgan fingerprint density at radius 1 is 1.18 bits per heavy atom. The number of aromatic nitrogens is 2. The Morgan fingerprint density at radius 2 is 2.00 bits per heavy atom. The van der Waals surface area contributed by atoms with Crippen molar-refractivity contribution in [1.82, 2.24) is 14.9 Å². The van der Waals surface area contributed by atoms with Crippen molar-refractivity contribution in [3.63, 3.8) is 0 Å². The van der Waals surface area contributed by atoms with Crippen LogP contribution in [0.5, 0.6) is 0 Å². The van der Waals surface area contributed by atoms with Crippen LogP contribution in [-0.4, -0.2) is 40.0 Å². The molecule has 3 rings (SSSR count). The van der Waals surface area contributed by atoms with Gasteiger partial charge in [0.1, 0.15) is 0 Å². The third-order valence-corrected chi connectivity index (χ3v) is 3.99. The van der Waals surface area contributed by atoms with E-state index in [0.29, 0.717) is 23.1 Å². The average molecular weight is 253 g/mol. The second kappa shape index (κ2) is 4.78. The average Bonchev–Trinajstić information content (AvgIpc) is 2.76. The van der Waals surface area contributed by atoms with Crippen LogP contribution in [-0.2, 0) is 0 Å². The van der Waals surface area contributed by atoms with Crippen LogP contribution in [0.2, 0.25) is 5.02 Å². The van der Waals surface area contributed by atoms with E-state index >= 15 is 0 Å². The zero-order valence-electron chi connectivity index (χ0n) is 9.77. The Balaban J connectivity index is 1.67. The Labute approximate surface area is 106 Å². The molecule has 2 atom stereocenters. The summed E-state index contributed by atoms with van der Waals surface area (Å²) >= 11 is 5.78. The summed E-state index contributed by atoms with van der Waals surface area (Å²) in [7, 11) is 0. The number of anilines is 1. The smallest absolute Gasteiger partial charge is 0.222 e. The van der Waals surface area contributed by atoms with E-state index in [9.17, 15) is 0 Å². The standard InChI is InChI=1S/C12H17ClN4/c13-9-7-14-12(15-8-9)16-10-4-6-17-5-2-1-3-11(10)17/h7-8,10-11H,1-6H2,(H,14,15,16)/t10-,11+/m1/s1. The van der Waals surface area contributed by atoms with E-state index in [2.05, 4.69) is 20.2 Å². The fourth-order valence-corrected chi connectivity index (χ4v) is 3.07. The molecule has 0 unspecified atom stereocenters. The van der Waals surface area contributed by atoms with Gasteiger partial charge in [0.2, 0.25) is 5.95 Å². The summed E-state index contributed by atoms with van der Waals surface area (Å²) in [5.41, 5.74) is 0. The molecular weight excluding hydrogens is 236 g/mol. The number of rotatable bonds is 2. The van der Waals surface area contributed by atoms with Crippen molar-refractivity contribution in [2.24, 2.45) is 0 Å². The van der Waals surface area contributed by atoms with Crippen LogP contribution in [0.15, 0.2) is 12.4 Å². The van der Waals surface area contributed by atoms with Crippen molar-refractivity contribution in [1.29, 1.82) is 0 Å². The van der Waals surface area contributed by atoms with E-state index in [1.807, 2.05) is 0 Å². The van der Waals surface area contributed by atoms with Crippen molar-refractivity contribution in [2.75, 3.05) is 18.4 Å². The van der Waals surface area contributed by atoms with Crippen LogP contribution in [0.1, 0.15) is 25.7 Å². The van der Waals surface area contributed by atoms with Crippen molar-refractivity contribution >= 4 is 17.5 Å². The van der Waals surface area contributed by atoms with Crippen LogP contribution in [0.25, 0.3) is 0 Å². The first-order valence-electron chi connectivity index (χ1n) is 6.31. The van der Waals surface area contributed by atoms with Crippen LogP contribution >= 0.6 is 11.6 Å². The molecule has 5 heteroatoms. The lowest BCUT2D eigenvalue weighted by molar-refractivity contribution is 0.192. The first kappa shape index (κ1) is 11.2. The molecule has 0 spiro atoms. The zero-order chi connectivity index (χ0) is 11.7. The number of hydrogen-bond donors (Lipinski definition) is 1. The van der Waals surface area contributed by atoms with E-state index in [-0.39, 0.29) is 0 Å². The Morgan fingerprint density at radius 3 is 2.82 bits per heavy atom. The summed E-state index contributed by atoms with van der Waals surface area (Å²) in [6.07, 6.45) is 8.47. The van der Waals surface area contributed by atoms with Crippen molar-refractivity contribution in [2.45, 2.75) is 37.8 Å². The summed E-state index contributed by atoms with van der Waals surface area (Å²) in [5.74, 6) is 0.701. The Hall–Kier alpha value is -0.870. The van der Waals surface area contributed by atoms with Gasteiger partial charge in [-0.1, -0.05) is 18.0 Å². The molecule has 1 N–H and O–H groups in total. The van der Waals surface area contributed by atoms with Gasteiger partial charge in [0.05, 0.1) is 17.4 Å². The lowest BCUT2D eigenvalue weighted by Gasteiger charge is -2.32. The van der Waals surface area contributed by atoms with E-state index in [1.54, 1.807) is 12.4 Å². The van der Waals surface area contributed by atoms with Gasteiger partial charge < -0.3 is 5.32 Å². The minimum Gasteiger partial charge on any atom is -0.350 e. The van der Waals surface area contributed by atoms with Crippen molar-refractivity contribution < 1.29 is 0 Å². The maximum absolute atomic E-state index is 5.78. The van der Waals surface area contributed by atoms with Gasteiger partial charge in [0.25, 0.3) is 0 Å². The fraction of sp³-hybridized carbons (Fsp3) is 0.667. The highest BCUT2D eigenvalue weighted by Crippen LogP contribution is 2.28. The molecule has 92 valence electrons. The second-order valence-electron chi connectivity index (χ2n) is 4.86. The van der Waals surface area contributed by atoms with Gasteiger partial charge in [-0.15, -0.1) is 0 Å². The van der Waals surface area contributed by atoms with Crippen molar-refractivity contribution in [3.8, 4) is 0 Å². The largest absolute Gasteiger partial charge is 0.350 e. The zero-order valence-corrected chi connectivity index (χ0v) is 10.5.